The van der Waals surface area contributed by atoms with Crippen molar-refractivity contribution in [3.63, 3.8) is 0 Å². The van der Waals surface area contributed by atoms with E-state index in [2.05, 4.69) is 11.9 Å². The largest absolute Gasteiger partial charge is 0.423 e. The Balaban J connectivity index is 1.88. The molecule has 4 nitrogen and oxygen atoms in total. The number of anilines is 1. The number of rotatable bonds is 5. The van der Waals surface area contributed by atoms with E-state index in [1.807, 2.05) is 79.7 Å². The lowest BCUT2D eigenvalue weighted by Gasteiger charge is -2.12. The fourth-order valence-electron chi connectivity index (χ4n) is 2.67. The second-order valence-electron chi connectivity index (χ2n) is 6.08. The number of aromatic amines is 1. The zero-order chi connectivity index (χ0) is 17.8. The first-order valence-corrected chi connectivity index (χ1v) is 8.35. The van der Waals surface area contributed by atoms with Gasteiger partial charge in [-0.15, -0.1) is 0 Å². The van der Waals surface area contributed by atoms with Crippen LogP contribution in [0.4, 0.5) is 5.69 Å². The zero-order valence-corrected chi connectivity index (χ0v) is 14.7. The summed E-state index contributed by atoms with van der Waals surface area (Å²) < 4.78 is 5.58. The molecule has 1 N–H and O–H groups in total. The molecule has 0 aliphatic carbocycles. The molecule has 1 heterocycles. The van der Waals surface area contributed by atoms with Gasteiger partial charge in [0.2, 0.25) is 0 Å². The van der Waals surface area contributed by atoms with Gasteiger partial charge in [0.05, 0.1) is 11.3 Å². The minimum absolute atomic E-state index is 0.354. The Morgan fingerprint density at radius 2 is 1.72 bits per heavy atom. The molecule has 0 aliphatic rings. The molecule has 1 aromatic heterocycles. The van der Waals surface area contributed by atoms with Crippen molar-refractivity contribution in [3.8, 4) is 17.0 Å². The lowest BCUT2D eigenvalue weighted by Crippen LogP contribution is -2.10. The van der Waals surface area contributed by atoms with Gasteiger partial charge in [-0.25, -0.2) is 4.79 Å². The molecular formula is C21H22N2O2. The molecule has 25 heavy (non-hydrogen) atoms. The smallest absolute Gasteiger partial charge is 0.345 e. The molecule has 0 saturated carbocycles. The van der Waals surface area contributed by atoms with Crippen LogP contribution in [0.25, 0.3) is 11.3 Å². The zero-order valence-electron chi connectivity index (χ0n) is 14.7. The summed E-state index contributed by atoms with van der Waals surface area (Å²) in [6, 6.07) is 19.2. The van der Waals surface area contributed by atoms with Crippen LogP contribution in [0.1, 0.15) is 23.0 Å². The third-order valence-corrected chi connectivity index (χ3v) is 4.10. The number of H-pyrrole nitrogens is 1. The molecule has 0 aliphatic heterocycles. The Kier molecular flexibility index (Phi) is 4.89. The predicted molar refractivity (Wildman–Crippen MR) is 101 cm³/mol. The van der Waals surface area contributed by atoms with E-state index >= 15 is 0 Å². The van der Waals surface area contributed by atoms with E-state index in [-0.39, 0.29) is 5.97 Å². The Labute approximate surface area is 148 Å². The summed E-state index contributed by atoms with van der Waals surface area (Å²) in [6.45, 7) is 2.05. The number of hydrogen-bond donors (Lipinski definition) is 1. The highest BCUT2D eigenvalue weighted by Crippen LogP contribution is 2.26. The molecule has 4 heteroatoms. The first-order valence-electron chi connectivity index (χ1n) is 8.35. The number of ether oxygens (including phenoxy) is 1. The SMILES string of the molecule is CCc1cc(C(=O)Oc2ccc(N(C)C)cc2)c(-c2ccccc2)[nH]1. The summed E-state index contributed by atoms with van der Waals surface area (Å²) in [6.07, 6.45) is 0.824. The average molecular weight is 334 g/mol. The van der Waals surface area contributed by atoms with Crippen molar-refractivity contribution in [1.29, 1.82) is 0 Å². The van der Waals surface area contributed by atoms with Crippen LogP contribution in [0.2, 0.25) is 0 Å². The van der Waals surface area contributed by atoms with Crippen LogP contribution in [0.3, 0.4) is 0 Å². The molecule has 3 rings (SSSR count). The molecule has 0 fully saturated rings. The van der Waals surface area contributed by atoms with E-state index in [0.29, 0.717) is 11.3 Å². The van der Waals surface area contributed by atoms with Crippen LogP contribution < -0.4 is 9.64 Å². The number of hydrogen-bond acceptors (Lipinski definition) is 3. The van der Waals surface area contributed by atoms with E-state index < -0.39 is 0 Å². The van der Waals surface area contributed by atoms with Gasteiger partial charge in [0.1, 0.15) is 5.75 Å². The van der Waals surface area contributed by atoms with Crippen LogP contribution in [0.5, 0.6) is 5.75 Å². The van der Waals surface area contributed by atoms with Gasteiger partial charge in [0.15, 0.2) is 0 Å². The van der Waals surface area contributed by atoms with Gasteiger partial charge >= 0.3 is 5.97 Å². The monoisotopic (exact) mass is 334 g/mol. The molecule has 3 aromatic rings. The summed E-state index contributed by atoms with van der Waals surface area (Å²) in [5.41, 5.74) is 4.39. The van der Waals surface area contributed by atoms with Crippen LogP contribution >= 0.6 is 0 Å². The molecule has 2 aromatic carbocycles. The fraction of sp³-hybridized carbons (Fsp3) is 0.190. The van der Waals surface area contributed by atoms with Crippen molar-refractivity contribution in [2.45, 2.75) is 13.3 Å². The van der Waals surface area contributed by atoms with E-state index in [9.17, 15) is 4.79 Å². The van der Waals surface area contributed by atoms with Crippen molar-refractivity contribution in [2.24, 2.45) is 0 Å². The standard InChI is InChI=1S/C21H22N2O2/c1-4-16-14-19(20(22-16)15-8-6-5-7-9-15)21(24)25-18-12-10-17(11-13-18)23(2)3/h5-14,22H,4H2,1-3H3. The maximum absolute atomic E-state index is 12.7. The minimum atomic E-state index is -0.354. The summed E-state index contributed by atoms with van der Waals surface area (Å²) >= 11 is 0. The highest BCUT2D eigenvalue weighted by atomic mass is 16.5. The molecule has 0 atom stereocenters. The first-order chi connectivity index (χ1) is 12.1. The van der Waals surface area contributed by atoms with Gasteiger partial charge in [0.25, 0.3) is 0 Å². The third-order valence-electron chi connectivity index (χ3n) is 4.10. The molecule has 0 amide bonds. The second-order valence-corrected chi connectivity index (χ2v) is 6.08. The molecule has 0 saturated heterocycles. The number of carbonyl (C=O) groups is 1. The van der Waals surface area contributed by atoms with E-state index in [0.717, 1.165) is 29.1 Å². The number of nitrogens with zero attached hydrogens (tertiary/aromatic N) is 1. The maximum Gasteiger partial charge on any atom is 0.345 e. The molecule has 128 valence electrons. The summed E-state index contributed by atoms with van der Waals surface area (Å²) in [4.78, 5) is 18.0. The average Bonchev–Trinajstić information content (AvgIpc) is 3.07. The highest BCUT2D eigenvalue weighted by molar-refractivity contribution is 5.98. The number of aromatic nitrogens is 1. The van der Waals surface area contributed by atoms with Gasteiger partial charge < -0.3 is 14.6 Å². The first kappa shape index (κ1) is 16.8. The number of carbonyl (C=O) groups excluding carboxylic acids is 1. The number of nitrogens with one attached hydrogen (secondary N) is 1. The molecule has 0 spiro atoms. The van der Waals surface area contributed by atoms with E-state index in [1.54, 1.807) is 0 Å². The third kappa shape index (κ3) is 3.74. The minimum Gasteiger partial charge on any atom is -0.423 e. The topological polar surface area (TPSA) is 45.3 Å². The maximum atomic E-state index is 12.7. The van der Waals surface area contributed by atoms with Crippen molar-refractivity contribution in [1.82, 2.24) is 4.98 Å². The fourth-order valence-corrected chi connectivity index (χ4v) is 2.67. The summed E-state index contributed by atoms with van der Waals surface area (Å²) in [5.74, 6) is 0.182. The molecule has 0 unspecified atom stereocenters. The molecule has 0 radical (unpaired) electrons. The van der Waals surface area contributed by atoms with Gasteiger partial charge in [0, 0.05) is 25.5 Å². The van der Waals surface area contributed by atoms with Crippen LogP contribution in [-0.4, -0.2) is 25.0 Å². The Hall–Kier alpha value is -3.01. The number of aryl methyl sites for hydroxylation is 1. The Bertz CT molecular complexity index is 849. The second kappa shape index (κ2) is 7.26. The van der Waals surface area contributed by atoms with Crippen molar-refractivity contribution in [3.05, 3.63) is 71.9 Å². The Morgan fingerprint density at radius 3 is 2.32 bits per heavy atom. The van der Waals surface area contributed by atoms with E-state index in [4.69, 9.17) is 4.74 Å². The van der Waals surface area contributed by atoms with Crippen molar-refractivity contribution >= 4 is 11.7 Å². The Morgan fingerprint density at radius 1 is 1.04 bits per heavy atom. The lowest BCUT2D eigenvalue weighted by atomic mass is 10.1. The normalized spacial score (nSPS) is 10.5. The van der Waals surface area contributed by atoms with Gasteiger partial charge in [-0.2, -0.15) is 0 Å². The van der Waals surface area contributed by atoms with Crippen LogP contribution in [0, 0.1) is 0 Å². The van der Waals surface area contributed by atoms with Crippen LogP contribution in [-0.2, 0) is 6.42 Å². The van der Waals surface area contributed by atoms with Crippen molar-refractivity contribution in [2.75, 3.05) is 19.0 Å². The van der Waals surface area contributed by atoms with Gasteiger partial charge in [-0.3, -0.25) is 0 Å². The van der Waals surface area contributed by atoms with Crippen molar-refractivity contribution < 1.29 is 9.53 Å². The van der Waals surface area contributed by atoms with E-state index in [1.165, 1.54) is 0 Å². The van der Waals surface area contributed by atoms with Crippen LogP contribution in [0.15, 0.2) is 60.7 Å². The highest BCUT2D eigenvalue weighted by Gasteiger charge is 2.18. The quantitative estimate of drug-likeness (QED) is 0.551. The van der Waals surface area contributed by atoms with Gasteiger partial charge in [-0.05, 0) is 42.3 Å². The molecule has 0 bridgehead atoms. The number of benzene rings is 2. The molecular weight excluding hydrogens is 312 g/mol. The predicted octanol–water partition coefficient (Wildman–Crippen LogP) is 4.53. The lowest BCUT2D eigenvalue weighted by molar-refractivity contribution is 0.0736. The number of esters is 1. The summed E-state index contributed by atoms with van der Waals surface area (Å²) in [5, 5.41) is 0. The van der Waals surface area contributed by atoms with Gasteiger partial charge in [-0.1, -0.05) is 37.3 Å². The summed E-state index contributed by atoms with van der Waals surface area (Å²) in [7, 11) is 3.94.